The Bertz CT molecular complexity index is 607. The molecule has 5 nitrogen and oxygen atoms in total. The molecule has 0 aliphatic carbocycles. The number of anilines is 2. The Labute approximate surface area is 127 Å². The van der Waals surface area contributed by atoms with Crippen molar-refractivity contribution in [3.63, 3.8) is 0 Å². The zero-order valence-electron chi connectivity index (χ0n) is 11.5. The number of thiophene rings is 1. The highest BCUT2D eigenvalue weighted by atomic mass is 32.1. The lowest BCUT2D eigenvalue weighted by molar-refractivity contribution is 0.112. The molecule has 0 bridgehead atoms. The number of nitrogens with zero attached hydrogens (tertiary/aromatic N) is 1. The molecule has 2 aromatic rings. The summed E-state index contributed by atoms with van der Waals surface area (Å²) in [5, 5.41) is 22.1. The smallest absolute Gasteiger partial charge is 0.151 e. The minimum atomic E-state index is -0.0199. The van der Waals surface area contributed by atoms with Crippen LogP contribution < -0.4 is 10.6 Å². The van der Waals surface area contributed by atoms with Crippen LogP contribution in [0.2, 0.25) is 0 Å². The van der Waals surface area contributed by atoms with Crippen molar-refractivity contribution in [2.75, 3.05) is 36.9 Å². The number of carbonyl (C=O) groups is 1. The standard InChI is InChI=1S/C15H18N2O3S/c16-12-1-2-15(17(3-5-18)4-6-19)13(7-12)14-10-21-9-11(14)8-20/h1-2,7-10,18-19H,3-6,16H2. The second kappa shape index (κ2) is 7.21. The summed E-state index contributed by atoms with van der Waals surface area (Å²) in [6, 6.07) is 5.43. The van der Waals surface area contributed by atoms with Gasteiger partial charge in [0, 0.05) is 46.5 Å². The van der Waals surface area contributed by atoms with Gasteiger partial charge in [0.25, 0.3) is 0 Å². The van der Waals surface area contributed by atoms with Gasteiger partial charge < -0.3 is 20.8 Å². The molecular weight excluding hydrogens is 288 g/mol. The maximum atomic E-state index is 11.2. The quantitative estimate of drug-likeness (QED) is 0.534. The van der Waals surface area contributed by atoms with Gasteiger partial charge in [-0.05, 0) is 23.6 Å². The molecule has 4 N–H and O–H groups in total. The zero-order chi connectivity index (χ0) is 15.2. The Morgan fingerprint density at radius 3 is 2.48 bits per heavy atom. The van der Waals surface area contributed by atoms with Crippen LogP contribution >= 0.6 is 11.3 Å². The summed E-state index contributed by atoms with van der Waals surface area (Å²) in [6.07, 6.45) is 0.821. The maximum Gasteiger partial charge on any atom is 0.151 e. The van der Waals surface area contributed by atoms with Crippen molar-refractivity contribution in [1.29, 1.82) is 0 Å². The lowest BCUT2D eigenvalue weighted by Gasteiger charge is -2.26. The Kier molecular flexibility index (Phi) is 5.32. The van der Waals surface area contributed by atoms with Crippen molar-refractivity contribution >= 4 is 29.0 Å². The number of carbonyl (C=O) groups excluding carboxylic acids is 1. The first-order chi connectivity index (χ1) is 10.2. The molecule has 1 aromatic heterocycles. The van der Waals surface area contributed by atoms with Crippen LogP contribution in [0.25, 0.3) is 11.1 Å². The molecule has 6 heteroatoms. The molecule has 0 amide bonds. The number of aliphatic hydroxyl groups is 2. The number of hydrogen-bond donors (Lipinski definition) is 3. The van der Waals surface area contributed by atoms with Crippen LogP contribution in [0.15, 0.2) is 29.0 Å². The van der Waals surface area contributed by atoms with Crippen LogP contribution in [-0.4, -0.2) is 42.8 Å². The Hall–Kier alpha value is -1.89. The highest BCUT2D eigenvalue weighted by molar-refractivity contribution is 7.08. The van der Waals surface area contributed by atoms with E-state index in [2.05, 4.69) is 0 Å². The van der Waals surface area contributed by atoms with Gasteiger partial charge in [-0.25, -0.2) is 0 Å². The third kappa shape index (κ3) is 3.41. The molecule has 0 aliphatic heterocycles. The van der Waals surface area contributed by atoms with Crippen molar-refractivity contribution in [3.8, 4) is 11.1 Å². The highest BCUT2D eigenvalue weighted by Crippen LogP contribution is 2.36. The number of aliphatic hydroxyl groups excluding tert-OH is 2. The Morgan fingerprint density at radius 1 is 1.14 bits per heavy atom. The number of aldehydes is 1. The fourth-order valence-corrected chi connectivity index (χ4v) is 3.05. The lowest BCUT2D eigenvalue weighted by Crippen LogP contribution is -2.30. The van der Waals surface area contributed by atoms with Gasteiger partial charge in [-0.15, -0.1) is 0 Å². The Morgan fingerprint density at radius 2 is 1.86 bits per heavy atom. The third-order valence-electron chi connectivity index (χ3n) is 3.21. The monoisotopic (exact) mass is 306 g/mol. The van der Waals surface area contributed by atoms with E-state index in [0.29, 0.717) is 24.3 Å². The van der Waals surface area contributed by atoms with E-state index < -0.39 is 0 Å². The van der Waals surface area contributed by atoms with E-state index in [1.807, 2.05) is 22.4 Å². The number of hydrogen-bond acceptors (Lipinski definition) is 6. The summed E-state index contributed by atoms with van der Waals surface area (Å²) in [5.74, 6) is 0. The first kappa shape index (κ1) is 15.5. The molecule has 1 heterocycles. The van der Waals surface area contributed by atoms with E-state index in [-0.39, 0.29) is 13.2 Å². The number of rotatable bonds is 7. The summed E-state index contributed by atoms with van der Waals surface area (Å²) >= 11 is 1.45. The van der Waals surface area contributed by atoms with Crippen LogP contribution in [0.5, 0.6) is 0 Å². The van der Waals surface area contributed by atoms with Crippen LogP contribution in [0.3, 0.4) is 0 Å². The molecule has 0 radical (unpaired) electrons. The molecule has 0 aliphatic rings. The van der Waals surface area contributed by atoms with Crippen molar-refractivity contribution < 1.29 is 15.0 Å². The number of nitrogen functional groups attached to an aromatic ring is 1. The van der Waals surface area contributed by atoms with E-state index in [1.165, 1.54) is 11.3 Å². The topological polar surface area (TPSA) is 86.8 Å². The van der Waals surface area contributed by atoms with Gasteiger partial charge >= 0.3 is 0 Å². The second-order valence-corrected chi connectivity index (χ2v) is 5.31. The average molecular weight is 306 g/mol. The maximum absolute atomic E-state index is 11.2. The zero-order valence-corrected chi connectivity index (χ0v) is 12.3. The van der Waals surface area contributed by atoms with E-state index in [0.717, 1.165) is 23.1 Å². The van der Waals surface area contributed by atoms with Crippen molar-refractivity contribution in [1.82, 2.24) is 0 Å². The molecule has 0 fully saturated rings. The van der Waals surface area contributed by atoms with Gasteiger partial charge in [-0.3, -0.25) is 4.79 Å². The van der Waals surface area contributed by atoms with E-state index in [9.17, 15) is 15.0 Å². The first-order valence-corrected chi connectivity index (χ1v) is 7.53. The van der Waals surface area contributed by atoms with Gasteiger partial charge in [0.2, 0.25) is 0 Å². The first-order valence-electron chi connectivity index (χ1n) is 6.59. The summed E-state index contributed by atoms with van der Waals surface area (Å²) in [7, 11) is 0. The molecule has 2 rings (SSSR count). The van der Waals surface area contributed by atoms with Gasteiger partial charge in [-0.2, -0.15) is 11.3 Å². The fourth-order valence-electron chi connectivity index (χ4n) is 2.26. The predicted octanol–water partition coefficient (Wildman–Crippen LogP) is 1.60. The molecule has 1 aromatic carbocycles. The SMILES string of the molecule is Nc1ccc(N(CCO)CCO)c(-c2cscc2C=O)c1. The van der Waals surface area contributed by atoms with Crippen LogP contribution in [0.4, 0.5) is 11.4 Å². The summed E-state index contributed by atoms with van der Waals surface area (Å²) in [4.78, 5) is 13.0. The third-order valence-corrected chi connectivity index (χ3v) is 3.97. The van der Waals surface area contributed by atoms with Gasteiger partial charge in [-0.1, -0.05) is 0 Å². The summed E-state index contributed by atoms with van der Waals surface area (Å²) in [6.45, 7) is 0.762. The molecule has 112 valence electrons. The van der Waals surface area contributed by atoms with Crippen LogP contribution in [0.1, 0.15) is 10.4 Å². The minimum Gasteiger partial charge on any atom is -0.399 e. The second-order valence-electron chi connectivity index (χ2n) is 4.57. The van der Waals surface area contributed by atoms with E-state index in [4.69, 9.17) is 5.73 Å². The lowest BCUT2D eigenvalue weighted by atomic mass is 10.0. The normalized spacial score (nSPS) is 10.6. The van der Waals surface area contributed by atoms with E-state index in [1.54, 1.807) is 11.4 Å². The molecule has 21 heavy (non-hydrogen) atoms. The summed E-state index contributed by atoms with van der Waals surface area (Å²) in [5.41, 5.74) is 9.58. The van der Waals surface area contributed by atoms with E-state index >= 15 is 0 Å². The number of benzene rings is 1. The van der Waals surface area contributed by atoms with Crippen molar-refractivity contribution in [2.45, 2.75) is 0 Å². The van der Waals surface area contributed by atoms with Crippen molar-refractivity contribution in [3.05, 3.63) is 34.5 Å². The molecule has 0 spiro atoms. The van der Waals surface area contributed by atoms with Gasteiger partial charge in [0.1, 0.15) is 0 Å². The average Bonchev–Trinajstić information content (AvgIpc) is 2.95. The molecule has 0 saturated heterocycles. The molecular formula is C15H18N2O3S. The Balaban J connectivity index is 2.53. The predicted molar refractivity (Wildman–Crippen MR) is 85.9 cm³/mol. The van der Waals surface area contributed by atoms with Gasteiger partial charge in [0.15, 0.2) is 6.29 Å². The van der Waals surface area contributed by atoms with Crippen LogP contribution in [0, 0.1) is 0 Å². The summed E-state index contributed by atoms with van der Waals surface area (Å²) < 4.78 is 0. The van der Waals surface area contributed by atoms with Crippen LogP contribution in [-0.2, 0) is 0 Å². The van der Waals surface area contributed by atoms with Gasteiger partial charge in [0.05, 0.1) is 13.2 Å². The minimum absolute atomic E-state index is 0.0199. The molecule has 0 atom stereocenters. The number of nitrogens with two attached hydrogens (primary N) is 1. The fraction of sp³-hybridized carbons (Fsp3) is 0.267. The molecule has 0 unspecified atom stereocenters. The van der Waals surface area contributed by atoms with Crippen molar-refractivity contribution in [2.24, 2.45) is 0 Å². The largest absolute Gasteiger partial charge is 0.399 e. The highest BCUT2D eigenvalue weighted by Gasteiger charge is 2.15. The molecule has 0 saturated carbocycles.